The maximum absolute atomic E-state index is 11.6. The van der Waals surface area contributed by atoms with Crippen molar-refractivity contribution in [1.82, 2.24) is 0 Å². The van der Waals surface area contributed by atoms with Crippen LogP contribution < -0.4 is 0 Å². The summed E-state index contributed by atoms with van der Waals surface area (Å²) in [6.45, 7) is 0. The molecular weight excluding hydrogens is 164 g/mol. The van der Waals surface area contributed by atoms with Crippen LogP contribution in [0, 0.1) is 11.8 Å². The van der Waals surface area contributed by atoms with Crippen molar-refractivity contribution in [3.8, 4) is 0 Å². The fourth-order valence-corrected chi connectivity index (χ4v) is 2.98. The SMILES string of the molecule is CO[C@H]1CCC(=O)[C@H]2CCCC[C@H]12. The van der Waals surface area contributed by atoms with E-state index in [4.69, 9.17) is 4.74 Å². The van der Waals surface area contributed by atoms with Gasteiger partial charge in [0, 0.05) is 19.4 Å². The van der Waals surface area contributed by atoms with Gasteiger partial charge in [-0.1, -0.05) is 12.8 Å². The number of hydrogen-bond donors (Lipinski definition) is 0. The first-order chi connectivity index (χ1) is 6.33. The minimum atomic E-state index is 0.340. The van der Waals surface area contributed by atoms with E-state index >= 15 is 0 Å². The third-order valence-corrected chi connectivity index (χ3v) is 3.69. The minimum Gasteiger partial charge on any atom is -0.381 e. The van der Waals surface area contributed by atoms with Crippen molar-refractivity contribution >= 4 is 5.78 Å². The fourth-order valence-electron chi connectivity index (χ4n) is 2.98. The Morgan fingerprint density at radius 3 is 2.77 bits per heavy atom. The highest BCUT2D eigenvalue weighted by Gasteiger charge is 2.39. The van der Waals surface area contributed by atoms with E-state index in [1.54, 1.807) is 7.11 Å². The van der Waals surface area contributed by atoms with Crippen LogP contribution in [0.2, 0.25) is 0 Å². The third kappa shape index (κ3) is 1.64. The summed E-state index contributed by atoms with van der Waals surface area (Å²) in [7, 11) is 1.78. The molecule has 0 aliphatic heterocycles. The number of carbonyl (C=O) groups is 1. The van der Waals surface area contributed by atoms with Crippen molar-refractivity contribution in [3.05, 3.63) is 0 Å². The lowest BCUT2D eigenvalue weighted by Crippen LogP contribution is -2.41. The molecule has 0 unspecified atom stereocenters. The monoisotopic (exact) mass is 182 g/mol. The summed E-state index contributed by atoms with van der Waals surface area (Å²) in [4.78, 5) is 11.6. The fraction of sp³-hybridized carbons (Fsp3) is 0.909. The van der Waals surface area contributed by atoms with Crippen LogP contribution in [-0.4, -0.2) is 19.0 Å². The molecule has 0 aromatic rings. The number of ketones is 1. The maximum atomic E-state index is 11.6. The van der Waals surface area contributed by atoms with E-state index < -0.39 is 0 Å². The lowest BCUT2D eigenvalue weighted by molar-refractivity contribution is -0.134. The van der Waals surface area contributed by atoms with Gasteiger partial charge in [-0.15, -0.1) is 0 Å². The van der Waals surface area contributed by atoms with Gasteiger partial charge in [0.2, 0.25) is 0 Å². The molecule has 0 N–H and O–H groups in total. The Balaban J connectivity index is 2.09. The number of hydrogen-bond acceptors (Lipinski definition) is 2. The van der Waals surface area contributed by atoms with Gasteiger partial charge in [-0.05, 0) is 25.2 Å². The molecule has 0 saturated heterocycles. The van der Waals surface area contributed by atoms with Crippen LogP contribution in [0.15, 0.2) is 0 Å². The highest BCUT2D eigenvalue weighted by molar-refractivity contribution is 5.82. The van der Waals surface area contributed by atoms with Crippen LogP contribution in [0.4, 0.5) is 0 Å². The first-order valence-corrected chi connectivity index (χ1v) is 5.38. The molecule has 2 rings (SSSR count). The van der Waals surface area contributed by atoms with Gasteiger partial charge in [0.25, 0.3) is 0 Å². The molecule has 3 atom stereocenters. The molecule has 13 heavy (non-hydrogen) atoms. The van der Waals surface area contributed by atoms with E-state index in [-0.39, 0.29) is 0 Å². The van der Waals surface area contributed by atoms with Crippen LogP contribution in [0.5, 0.6) is 0 Å². The molecule has 2 aliphatic carbocycles. The number of fused-ring (bicyclic) bond motifs is 1. The average molecular weight is 182 g/mol. The largest absolute Gasteiger partial charge is 0.381 e. The predicted molar refractivity (Wildman–Crippen MR) is 50.5 cm³/mol. The molecule has 2 heteroatoms. The van der Waals surface area contributed by atoms with E-state index in [9.17, 15) is 4.79 Å². The Kier molecular flexibility index (Phi) is 2.68. The molecule has 2 fully saturated rings. The van der Waals surface area contributed by atoms with Crippen LogP contribution in [0.1, 0.15) is 38.5 Å². The van der Waals surface area contributed by atoms with E-state index in [0.29, 0.717) is 23.7 Å². The third-order valence-electron chi connectivity index (χ3n) is 3.69. The number of carbonyl (C=O) groups excluding carboxylic acids is 1. The molecule has 0 heterocycles. The van der Waals surface area contributed by atoms with Crippen LogP contribution in [0.3, 0.4) is 0 Å². The predicted octanol–water partition coefficient (Wildman–Crippen LogP) is 2.17. The zero-order valence-electron chi connectivity index (χ0n) is 8.29. The van der Waals surface area contributed by atoms with Gasteiger partial charge in [0.05, 0.1) is 6.10 Å². The Bertz CT molecular complexity index is 200. The number of ether oxygens (including phenoxy) is 1. The Labute approximate surface area is 79.7 Å². The Morgan fingerprint density at radius 2 is 2.00 bits per heavy atom. The van der Waals surface area contributed by atoms with Crippen molar-refractivity contribution in [3.63, 3.8) is 0 Å². The average Bonchev–Trinajstić information content (AvgIpc) is 2.19. The molecule has 0 aromatic carbocycles. The molecule has 2 nitrogen and oxygen atoms in total. The van der Waals surface area contributed by atoms with Gasteiger partial charge in [0.15, 0.2) is 0 Å². The van der Waals surface area contributed by atoms with Crippen LogP contribution in [-0.2, 0) is 9.53 Å². The maximum Gasteiger partial charge on any atom is 0.136 e. The summed E-state index contributed by atoms with van der Waals surface area (Å²) in [6.07, 6.45) is 6.91. The molecular formula is C11H18O2. The summed E-state index contributed by atoms with van der Waals surface area (Å²) in [6, 6.07) is 0. The van der Waals surface area contributed by atoms with Crippen molar-refractivity contribution in [2.24, 2.45) is 11.8 Å². The quantitative estimate of drug-likeness (QED) is 0.621. The second-order valence-electron chi connectivity index (χ2n) is 4.33. The van der Waals surface area contributed by atoms with Crippen molar-refractivity contribution in [2.45, 2.75) is 44.6 Å². The summed E-state index contributed by atoms with van der Waals surface area (Å²) in [5.41, 5.74) is 0. The highest BCUT2D eigenvalue weighted by atomic mass is 16.5. The first-order valence-electron chi connectivity index (χ1n) is 5.38. The summed E-state index contributed by atoms with van der Waals surface area (Å²) < 4.78 is 5.46. The first kappa shape index (κ1) is 9.20. The summed E-state index contributed by atoms with van der Waals surface area (Å²) >= 11 is 0. The zero-order valence-corrected chi connectivity index (χ0v) is 8.29. The van der Waals surface area contributed by atoms with Gasteiger partial charge < -0.3 is 4.74 Å². The van der Waals surface area contributed by atoms with Crippen molar-refractivity contribution < 1.29 is 9.53 Å². The molecule has 0 bridgehead atoms. The summed E-state index contributed by atoms with van der Waals surface area (Å²) in [5.74, 6) is 1.38. The number of rotatable bonds is 1. The van der Waals surface area contributed by atoms with Gasteiger partial charge in [0.1, 0.15) is 5.78 Å². The molecule has 0 amide bonds. The second-order valence-corrected chi connectivity index (χ2v) is 4.33. The second kappa shape index (κ2) is 3.79. The molecule has 2 aliphatic rings. The molecule has 0 spiro atoms. The normalized spacial score (nSPS) is 40.1. The standard InChI is InChI=1S/C11H18O2/c1-13-11-7-6-10(12)8-4-2-3-5-9(8)11/h8-9,11H,2-7H2,1H3/t8-,9-,11-/m0/s1. The van der Waals surface area contributed by atoms with Crippen LogP contribution in [0.25, 0.3) is 0 Å². The zero-order chi connectivity index (χ0) is 9.26. The Hall–Kier alpha value is -0.370. The number of Topliss-reactive ketones (excluding diaryl/α,β-unsaturated/α-hetero) is 1. The molecule has 2 saturated carbocycles. The van der Waals surface area contributed by atoms with E-state index in [1.165, 1.54) is 19.3 Å². The topological polar surface area (TPSA) is 26.3 Å². The van der Waals surface area contributed by atoms with Gasteiger partial charge >= 0.3 is 0 Å². The number of methoxy groups -OCH3 is 1. The molecule has 0 radical (unpaired) electrons. The smallest absolute Gasteiger partial charge is 0.136 e. The summed E-state index contributed by atoms with van der Waals surface area (Å²) in [5, 5.41) is 0. The molecule has 0 aromatic heterocycles. The highest BCUT2D eigenvalue weighted by Crippen LogP contribution is 2.39. The van der Waals surface area contributed by atoms with Gasteiger partial charge in [-0.2, -0.15) is 0 Å². The van der Waals surface area contributed by atoms with E-state index in [2.05, 4.69) is 0 Å². The van der Waals surface area contributed by atoms with E-state index in [1.807, 2.05) is 0 Å². The molecule has 74 valence electrons. The minimum absolute atomic E-state index is 0.340. The Morgan fingerprint density at radius 1 is 1.23 bits per heavy atom. The van der Waals surface area contributed by atoms with Gasteiger partial charge in [-0.3, -0.25) is 4.79 Å². The van der Waals surface area contributed by atoms with Gasteiger partial charge in [-0.25, -0.2) is 0 Å². The van der Waals surface area contributed by atoms with Crippen molar-refractivity contribution in [2.75, 3.05) is 7.11 Å². The lowest BCUT2D eigenvalue weighted by Gasteiger charge is -2.39. The van der Waals surface area contributed by atoms with Crippen molar-refractivity contribution in [1.29, 1.82) is 0 Å². The van der Waals surface area contributed by atoms with E-state index in [0.717, 1.165) is 19.3 Å². The lowest BCUT2D eigenvalue weighted by atomic mass is 9.69. The van der Waals surface area contributed by atoms with Crippen LogP contribution >= 0.6 is 0 Å².